The summed E-state index contributed by atoms with van der Waals surface area (Å²) in [5.74, 6) is 1.33. The normalized spacial score (nSPS) is 16.1. The Morgan fingerprint density at radius 2 is 1.89 bits per heavy atom. The largest absolute Gasteiger partial charge is 0.455 e. The summed E-state index contributed by atoms with van der Waals surface area (Å²) in [5, 5.41) is 7.95. The van der Waals surface area contributed by atoms with Gasteiger partial charge in [0.25, 0.3) is 5.91 Å². The zero-order valence-corrected chi connectivity index (χ0v) is 16.4. The Hall–Kier alpha value is -2.73. The number of H-pyrrole nitrogens is 1. The van der Waals surface area contributed by atoms with Crippen LogP contribution in [0.2, 0.25) is 5.02 Å². The van der Waals surface area contributed by atoms with Gasteiger partial charge in [0.15, 0.2) is 5.76 Å². The molecule has 1 aromatic carbocycles. The lowest BCUT2D eigenvalue weighted by Gasteiger charge is -2.35. The zero-order chi connectivity index (χ0) is 19.3. The number of amides is 1. The lowest BCUT2D eigenvalue weighted by molar-refractivity contribution is 0.0712. The van der Waals surface area contributed by atoms with Crippen molar-refractivity contribution in [3.63, 3.8) is 0 Å². The van der Waals surface area contributed by atoms with Gasteiger partial charge in [-0.05, 0) is 43.2 Å². The highest BCUT2D eigenvalue weighted by molar-refractivity contribution is 6.30. The van der Waals surface area contributed by atoms with Gasteiger partial charge in [0.2, 0.25) is 0 Å². The third-order valence-corrected chi connectivity index (χ3v) is 6.01. The van der Waals surface area contributed by atoms with Gasteiger partial charge in [-0.15, -0.1) is 0 Å². The molecule has 1 N–H and O–H groups in total. The van der Waals surface area contributed by atoms with E-state index < -0.39 is 0 Å². The van der Waals surface area contributed by atoms with E-state index in [1.165, 1.54) is 5.56 Å². The summed E-state index contributed by atoms with van der Waals surface area (Å²) < 4.78 is 6.04. The lowest BCUT2D eigenvalue weighted by Crippen LogP contribution is -2.48. The molecule has 1 fully saturated rings. The third-order valence-electron chi connectivity index (χ3n) is 5.76. The fourth-order valence-corrected chi connectivity index (χ4v) is 4.33. The van der Waals surface area contributed by atoms with Crippen molar-refractivity contribution < 1.29 is 9.21 Å². The number of benzene rings is 1. The van der Waals surface area contributed by atoms with E-state index in [4.69, 9.17) is 16.0 Å². The Labute approximate surface area is 168 Å². The molecule has 1 aliphatic heterocycles. The Kier molecular flexibility index (Phi) is 4.16. The average Bonchev–Trinajstić information content (AvgIpc) is 3.32. The fraction of sp³-hybridized carbons (Fsp3) is 0.333. The van der Waals surface area contributed by atoms with Crippen LogP contribution in [0.15, 0.2) is 34.9 Å². The van der Waals surface area contributed by atoms with Crippen LogP contribution in [0.25, 0.3) is 11.3 Å². The molecule has 1 amide bonds. The molecular weight excluding hydrogens is 376 g/mol. The van der Waals surface area contributed by atoms with Gasteiger partial charge in [-0.2, -0.15) is 5.10 Å². The predicted octanol–water partition coefficient (Wildman–Crippen LogP) is 3.69. The molecule has 28 heavy (non-hydrogen) atoms. The number of nitrogens with one attached hydrogen (secondary N) is 1. The third kappa shape index (κ3) is 2.79. The van der Waals surface area contributed by atoms with Crippen LogP contribution in [0.5, 0.6) is 0 Å². The predicted molar refractivity (Wildman–Crippen MR) is 108 cm³/mol. The lowest BCUT2D eigenvalue weighted by atomic mass is 9.93. The number of hydrogen-bond acceptors (Lipinski definition) is 4. The molecule has 2 aliphatic rings. The van der Waals surface area contributed by atoms with E-state index in [0.29, 0.717) is 18.8 Å². The van der Waals surface area contributed by atoms with Crippen LogP contribution < -0.4 is 4.90 Å². The monoisotopic (exact) mass is 396 g/mol. The van der Waals surface area contributed by atoms with E-state index in [-0.39, 0.29) is 5.91 Å². The Bertz CT molecular complexity index is 1030. The number of furan rings is 1. The number of nitrogens with zero attached hydrogens (tertiary/aromatic N) is 3. The van der Waals surface area contributed by atoms with Gasteiger partial charge in [0.05, 0.1) is 11.9 Å². The van der Waals surface area contributed by atoms with Gasteiger partial charge in [0.1, 0.15) is 5.76 Å². The number of hydrogen-bond donors (Lipinski definition) is 1. The summed E-state index contributed by atoms with van der Waals surface area (Å²) in [6.45, 7) is 4.88. The SMILES string of the molecule is Cc1c(C(=O)N2CCN(c3ccc(Cl)cc3)CC2)oc2c1-c1[nH]ncc1CC2. The van der Waals surface area contributed by atoms with Crippen LogP contribution in [0, 0.1) is 6.92 Å². The van der Waals surface area contributed by atoms with Crippen molar-refractivity contribution in [2.45, 2.75) is 19.8 Å². The highest BCUT2D eigenvalue weighted by Gasteiger charge is 2.31. The number of halogens is 1. The van der Waals surface area contributed by atoms with E-state index in [9.17, 15) is 4.79 Å². The minimum absolute atomic E-state index is 0.0243. The molecule has 7 heteroatoms. The van der Waals surface area contributed by atoms with Crippen LogP contribution in [0.3, 0.4) is 0 Å². The van der Waals surface area contributed by atoms with Crippen molar-refractivity contribution in [3.8, 4) is 11.3 Å². The maximum absolute atomic E-state index is 13.1. The molecule has 6 nitrogen and oxygen atoms in total. The van der Waals surface area contributed by atoms with Crippen LogP contribution in [-0.4, -0.2) is 47.2 Å². The van der Waals surface area contributed by atoms with Crippen LogP contribution in [0.4, 0.5) is 5.69 Å². The summed E-state index contributed by atoms with van der Waals surface area (Å²) in [6.07, 6.45) is 3.56. The molecule has 3 aromatic rings. The van der Waals surface area contributed by atoms with Crippen LogP contribution >= 0.6 is 11.6 Å². The van der Waals surface area contributed by atoms with E-state index in [1.807, 2.05) is 42.3 Å². The van der Waals surface area contributed by atoms with Crippen molar-refractivity contribution in [2.75, 3.05) is 31.1 Å². The number of aromatic amines is 1. The average molecular weight is 397 g/mol. The smallest absolute Gasteiger partial charge is 0.289 e. The molecule has 1 saturated heterocycles. The van der Waals surface area contributed by atoms with Crippen molar-refractivity contribution in [3.05, 3.63) is 58.1 Å². The number of anilines is 1. The van der Waals surface area contributed by atoms with Gasteiger partial charge in [-0.25, -0.2) is 0 Å². The second kappa shape index (κ2) is 6.71. The van der Waals surface area contributed by atoms with E-state index in [2.05, 4.69) is 15.1 Å². The van der Waals surface area contributed by atoms with Gasteiger partial charge < -0.3 is 14.2 Å². The quantitative estimate of drug-likeness (QED) is 0.717. The summed E-state index contributed by atoms with van der Waals surface area (Å²) in [6, 6.07) is 7.84. The first-order chi connectivity index (χ1) is 13.6. The first kappa shape index (κ1) is 17.4. The minimum Gasteiger partial charge on any atom is -0.455 e. The van der Waals surface area contributed by atoms with Gasteiger partial charge in [-0.3, -0.25) is 9.89 Å². The molecule has 0 unspecified atom stereocenters. The molecule has 0 radical (unpaired) electrons. The van der Waals surface area contributed by atoms with Gasteiger partial charge >= 0.3 is 0 Å². The number of fused-ring (bicyclic) bond motifs is 3. The molecule has 0 atom stereocenters. The molecule has 0 saturated carbocycles. The molecule has 0 bridgehead atoms. The summed E-state index contributed by atoms with van der Waals surface area (Å²) in [5.41, 5.74) is 5.24. The summed E-state index contributed by atoms with van der Waals surface area (Å²) in [7, 11) is 0. The zero-order valence-electron chi connectivity index (χ0n) is 15.7. The van der Waals surface area contributed by atoms with Gasteiger partial charge in [-0.1, -0.05) is 11.6 Å². The summed E-state index contributed by atoms with van der Waals surface area (Å²) in [4.78, 5) is 17.3. The number of rotatable bonds is 2. The maximum Gasteiger partial charge on any atom is 0.289 e. The van der Waals surface area contributed by atoms with E-state index in [1.54, 1.807) is 0 Å². The Morgan fingerprint density at radius 1 is 1.14 bits per heavy atom. The van der Waals surface area contributed by atoms with Crippen LogP contribution in [0.1, 0.15) is 27.4 Å². The van der Waals surface area contributed by atoms with E-state index >= 15 is 0 Å². The second-order valence-electron chi connectivity index (χ2n) is 7.38. The molecular formula is C21H21ClN4O2. The minimum atomic E-state index is -0.0243. The number of piperazine rings is 1. The van der Waals surface area contributed by atoms with Crippen molar-refractivity contribution in [1.82, 2.24) is 15.1 Å². The maximum atomic E-state index is 13.1. The van der Waals surface area contributed by atoms with Crippen molar-refractivity contribution in [2.24, 2.45) is 0 Å². The Morgan fingerprint density at radius 3 is 2.64 bits per heavy atom. The summed E-state index contributed by atoms with van der Waals surface area (Å²) >= 11 is 5.98. The molecule has 1 aliphatic carbocycles. The molecule has 144 valence electrons. The second-order valence-corrected chi connectivity index (χ2v) is 7.82. The fourth-order valence-electron chi connectivity index (χ4n) is 4.21. The highest BCUT2D eigenvalue weighted by Crippen LogP contribution is 2.38. The first-order valence-electron chi connectivity index (χ1n) is 9.56. The van der Waals surface area contributed by atoms with Crippen molar-refractivity contribution >= 4 is 23.2 Å². The van der Waals surface area contributed by atoms with E-state index in [0.717, 1.165) is 59.2 Å². The standard InChI is InChI=1S/C21H21ClN4O2/c1-13-18-17(7-2-14-12-23-24-19(14)18)28-20(13)21(27)26-10-8-25(9-11-26)16-5-3-15(22)4-6-16/h3-6,12H,2,7-11H2,1H3,(H,23,24). The van der Waals surface area contributed by atoms with Crippen LogP contribution in [-0.2, 0) is 12.8 Å². The Balaban J connectivity index is 1.34. The number of aromatic nitrogens is 2. The number of aryl methyl sites for hydroxylation is 2. The highest BCUT2D eigenvalue weighted by atomic mass is 35.5. The van der Waals surface area contributed by atoms with Crippen molar-refractivity contribution in [1.29, 1.82) is 0 Å². The molecule has 0 spiro atoms. The number of carbonyl (C=O) groups is 1. The van der Waals surface area contributed by atoms with Gasteiger partial charge in [0, 0.05) is 54.4 Å². The number of carbonyl (C=O) groups excluding carboxylic acids is 1. The topological polar surface area (TPSA) is 65.4 Å². The molecule has 2 aromatic heterocycles. The first-order valence-corrected chi connectivity index (χ1v) is 9.94. The molecule has 5 rings (SSSR count). The molecule has 3 heterocycles.